The molecule has 1 aromatic carbocycles. The summed E-state index contributed by atoms with van der Waals surface area (Å²) >= 11 is 0. The number of rotatable bonds is 5. The standard InChI is InChI=1S/C25H34N6O/c1-20-4-2-5-21(16-20)23-17-27-24(18-26-23)30-10-8-28(9-11-30)19-25(32)31-14-12-29(13-15-31)22-6-3-7-22/h2,4-5,16-18,22H,3,6-15,19H2,1H3. The molecule has 3 aliphatic rings. The van der Waals surface area contributed by atoms with E-state index in [-0.39, 0.29) is 5.91 Å². The molecule has 7 nitrogen and oxygen atoms in total. The largest absolute Gasteiger partial charge is 0.353 e. The SMILES string of the molecule is Cc1cccc(-c2cnc(N3CCN(CC(=O)N4CCN(C5CCC5)CC4)CC3)cn2)c1. The zero-order chi connectivity index (χ0) is 21.9. The van der Waals surface area contributed by atoms with Crippen LogP contribution in [0.4, 0.5) is 5.82 Å². The molecule has 1 amide bonds. The summed E-state index contributed by atoms with van der Waals surface area (Å²) in [5.41, 5.74) is 3.22. The van der Waals surface area contributed by atoms with E-state index in [0.29, 0.717) is 6.54 Å². The van der Waals surface area contributed by atoms with Crippen molar-refractivity contribution in [3.05, 3.63) is 42.2 Å². The molecule has 0 bridgehead atoms. The highest BCUT2D eigenvalue weighted by molar-refractivity contribution is 5.78. The van der Waals surface area contributed by atoms with Crippen LogP contribution in [-0.4, -0.2) is 95.5 Å². The minimum Gasteiger partial charge on any atom is -0.353 e. The molecular formula is C25H34N6O. The maximum atomic E-state index is 12.8. The number of piperazine rings is 2. The lowest BCUT2D eigenvalue weighted by atomic mass is 9.91. The zero-order valence-electron chi connectivity index (χ0n) is 19.1. The van der Waals surface area contributed by atoms with E-state index in [1.54, 1.807) is 0 Å². The van der Waals surface area contributed by atoms with Crippen molar-refractivity contribution in [2.75, 3.05) is 63.8 Å². The Kier molecular flexibility index (Phi) is 6.37. The van der Waals surface area contributed by atoms with Gasteiger partial charge in [0.05, 0.1) is 24.6 Å². The van der Waals surface area contributed by atoms with Crippen molar-refractivity contribution in [2.24, 2.45) is 0 Å². The van der Waals surface area contributed by atoms with Gasteiger partial charge >= 0.3 is 0 Å². The summed E-state index contributed by atoms with van der Waals surface area (Å²) in [6, 6.07) is 9.13. The first-order chi connectivity index (χ1) is 15.7. The van der Waals surface area contributed by atoms with Crippen LogP contribution in [0.3, 0.4) is 0 Å². The fourth-order valence-corrected chi connectivity index (χ4v) is 4.95. The van der Waals surface area contributed by atoms with Crippen molar-refractivity contribution in [3.63, 3.8) is 0 Å². The van der Waals surface area contributed by atoms with Crippen LogP contribution in [0.1, 0.15) is 24.8 Å². The predicted molar refractivity (Wildman–Crippen MR) is 127 cm³/mol. The third-order valence-electron chi connectivity index (χ3n) is 7.27. The summed E-state index contributed by atoms with van der Waals surface area (Å²) in [4.78, 5) is 31.3. The van der Waals surface area contributed by atoms with E-state index in [4.69, 9.17) is 0 Å². The monoisotopic (exact) mass is 434 g/mol. The molecule has 0 unspecified atom stereocenters. The number of carbonyl (C=O) groups excluding carboxylic acids is 1. The Morgan fingerprint density at radius 1 is 0.969 bits per heavy atom. The van der Waals surface area contributed by atoms with Crippen LogP contribution in [0.5, 0.6) is 0 Å². The number of amides is 1. The molecule has 2 aliphatic heterocycles. The van der Waals surface area contributed by atoms with Crippen LogP contribution in [0, 0.1) is 6.92 Å². The Bertz CT molecular complexity index is 912. The number of aromatic nitrogens is 2. The second-order valence-electron chi connectivity index (χ2n) is 9.39. The van der Waals surface area contributed by atoms with E-state index in [1.165, 1.54) is 24.8 Å². The van der Waals surface area contributed by atoms with Gasteiger partial charge in [-0.2, -0.15) is 0 Å². The van der Waals surface area contributed by atoms with Crippen LogP contribution in [0.15, 0.2) is 36.7 Å². The van der Waals surface area contributed by atoms with Gasteiger partial charge in [0, 0.05) is 64.0 Å². The topological polar surface area (TPSA) is 55.8 Å². The maximum absolute atomic E-state index is 12.8. The molecule has 2 saturated heterocycles. The minimum atomic E-state index is 0.286. The van der Waals surface area contributed by atoms with Crippen molar-refractivity contribution >= 4 is 11.7 Å². The molecular weight excluding hydrogens is 400 g/mol. The van der Waals surface area contributed by atoms with Gasteiger partial charge in [0.25, 0.3) is 0 Å². The molecule has 1 saturated carbocycles. The van der Waals surface area contributed by atoms with Crippen molar-refractivity contribution < 1.29 is 4.79 Å². The van der Waals surface area contributed by atoms with E-state index < -0.39 is 0 Å². The van der Waals surface area contributed by atoms with Gasteiger partial charge in [0.15, 0.2) is 0 Å². The van der Waals surface area contributed by atoms with E-state index in [1.807, 2.05) is 12.4 Å². The molecule has 2 aromatic rings. The molecule has 5 rings (SSSR count). The minimum absolute atomic E-state index is 0.286. The first-order valence-electron chi connectivity index (χ1n) is 12.0. The summed E-state index contributed by atoms with van der Waals surface area (Å²) in [6.45, 7) is 10.0. The van der Waals surface area contributed by atoms with Crippen LogP contribution in [0.25, 0.3) is 11.3 Å². The normalized spacial score (nSPS) is 20.9. The first-order valence-corrected chi connectivity index (χ1v) is 12.0. The van der Waals surface area contributed by atoms with Gasteiger partial charge in [-0.05, 0) is 25.8 Å². The summed E-state index contributed by atoms with van der Waals surface area (Å²) in [6.07, 6.45) is 7.80. The average molecular weight is 435 g/mol. The second-order valence-corrected chi connectivity index (χ2v) is 9.39. The van der Waals surface area contributed by atoms with E-state index in [2.05, 4.69) is 60.8 Å². The smallest absolute Gasteiger partial charge is 0.236 e. The van der Waals surface area contributed by atoms with Crippen molar-refractivity contribution in [1.29, 1.82) is 0 Å². The fraction of sp³-hybridized carbons (Fsp3) is 0.560. The number of aryl methyl sites for hydroxylation is 1. The molecule has 0 N–H and O–H groups in total. The summed E-state index contributed by atoms with van der Waals surface area (Å²) in [5, 5.41) is 0. The molecule has 170 valence electrons. The Hall–Kier alpha value is -2.51. The lowest BCUT2D eigenvalue weighted by Gasteiger charge is -2.43. The van der Waals surface area contributed by atoms with Gasteiger partial charge in [0.1, 0.15) is 5.82 Å². The number of hydrogen-bond acceptors (Lipinski definition) is 6. The summed E-state index contributed by atoms with van der Waals surface area (Å²) in [7, 11) is 0. The van der Waals surface area contributed by atoms with E-state index in [0.717, 1.165) is 75.5 Å². The maximum Gasteiger partial charge on any atom is 0.236 e. The molecule has 3 heterocycles. The highest BCUT2D eigenvalue weighted by atomic mass is 16.2. The second kappa shape index (κ2) is 9.55. The van der Waals surface area contributed by atoms with Gasteiger partial charge in [-0.1, -0.05) is 30.2 Å². The molecule has 1 aliphatic carbocycles. The fourth-order valence-electron chi connectivity index (χ4n) is 4.95. The average Bonchev–Trinajstić information content (AvgIpc) is 2.79. The molecule has 0 radical (unpaired) electrons. The van der Waals surface area contributed by atoms with Crippen LogP contribution < -0.4 is 4.90 Å². The zero-order valence-corrected chi connectivity index (χ0v) is 19.1. The number of carbonyl (C=O) groups is 1. The quantitative estimate of drug-likeness (QED) is 0.720. The van der Waals surface area contributed by atoms with E-state index >= 15 is 0 Å². The Morgan fingerprint density at radius 3 is 2.38 bits per heavy atom. The van der Waals surface area contributed by atoms with Crippen molar-refractivity contribution in [3.8, 4) is 11.3 Å². The van der Waals surface area contributed by atoms with Gasteiger partial charge < -0.3 is 9.80 Å². The molecule has 3 fully saturated rings. The van der Waals surface area contributed by atoms with Gasteiger partial charge in [-0.15, -0.1) is 0 Å². The van der Waals surface area contributed by atoms with Crippen molar-refractivity contribution in [1.82, 2.24) is 24.7 Å². The number of anilines is 1. The molecule has 32 heavy (non-hydrogen) atoms. The number of hydrogen-bond donors (Lipinski definition) is 0. The van der Waals surface area contributed by atoms with Gasteiger partial charge in [-0.25, -0.2) is 4.98 Å². The third-order valence-corrected chi connectivity index (χ3v) is 7.27. The molecule has 0 spiro atoms. The summed E-state index contributed by atoms with van der Waals surface area (Å²) < 4.78 is 0. The lowest BCUT2D eigenvalue weighted by Crippen LogP contribution is -2.56. The van der Waals surface area contributed by atoms with Crippen LogP contribution >= 0.6 is 0 Å². The summed E-state index contributed by atoms with van der Waals surface area (Å²) in [5.74, 6) is 1.20. The van der Waals surface area contributed by atoms with Gasteiger partial charge in [-0.3, -0.25) is 19.6 Å². The van der Waals surface area contributed by atoms with E-state index in [9.17, 15) is 4.79 Å². The Balaban J connectivity index is 1.08. The molecule has 1 aromatic heterocycles. The lowest BCUT2D eigenvalue weighted by molar-refractivity contribution is -0.134. The number of benzene rings is 1. The predicted octanol–water partition coefficient (Wildman–Crippen LogP) is 2.27. The first kappa shape index (κ1) is 21.3. The van der Waals surface area contributed by atoms with Crippen LogP contribution in [-0.2, 0) is 4.79 Å². The Morgan fingerprint density at radius 2 is 1.75 bits per heavy atom. The Labute approximate surface area is 191 Å². The van der Waals surface area contributed by atoms with Crippen molar-refractivity contribution in [2.45, 2.75) is 32.2 Å². The highest BCUT2D eigenvalue weighted by Crippen LogP contribution is 2.25. The third kappa shape index (κ3) is 4.79. The molecule has 0 atom stereocenters. The van der Waals surface area contributed by atoms with Crippen LogP contribution in [0.2, 0.25) is 0 Å². The molecule has 7 heteroatoms. The highest BCUT2D eigenvalue weighted by Gasteiger charge is 2.30. The van der Waals surface area contributed by atoms with Gasteiger partial charge in [0.2, 0.25) is 5.91 Å². The number of nitrogens with zero attached hydrogens (tertiary/aromatic N) is 6.